The van der Waals surface area contributed by atoms with E-state index in [1.165, 1.54) is 5.69 Å². The van der Waals surface area contributed by atoms with Crippen molar-refractivity contribution in [2.45, 2.75) is 6.92 Å². The highest BCUT2D eigenvalue weighted by Gasteiger charge is 2.19. The molecule has 0 saturated carbocycles. The third-order valence-corrected chi connectivity index (χ3v) is 3.72. The Bertz CT molecular complexity index is 496. The summed E-state index contributed by atoms with van der Waals surface area (Å²) in [6, 6.07) is 8.26. The summed E-state index contributed by atoms with van der Waals surface area (Å²) in [6.07, 6.45) is 1.82. The number of anilines is 1. The van der Waals surface area contributed by atoms with Crippen molar-refractivity contribution < 1.29 is 4.74 Å². The summed E-state index contributed by atoms with van der Waals surface area (Å²) >= 11 is 0. The highest BCUT2D eigenvalue weighted by molar-refractivity contribution is 14.0. The predicted octanol–water partition coefficient (Wildman–Crippen LogP) is 2.59. The maximum absolute atomic E-state index is 5.21. The molecule has 1 aromatic carbocycles. The molecule has 1 aromatic rings. The normalized spacial score (nSPS) is 15.0. The van der Waals surface area contributed by atoms with Gasteiger partial charge < -0.3 is 19.9 Å². The first kappa shape index (κ1) is 19.6. The van der Waals surface area contributed by atoms with E-state index >= 15 is 0 Å². The number of rotatable bonds is 5. The van der Waals surface area contributed by atoms with Gasteiger partial charge in [0.2, 0.25) is 0 Å². The van der Waals surface area contributed by atoms with Gasteiger partial charge in [-0.25, -0.2) is 4.99 Å². The SMILES string of the molecule is C=CCN=C(NCC)N1CCN(c2ccc(OC)cc2)CC1.I. The number of benzene rings is 1. The molecule has 0 unspecified atom stereocenters. The molecule has 1 aliphatic heterocycles. The van der Waals surface area contributed by atoms with E-state index in [1.54, 1.807) is 7.11 Å². The number of ether oxygens (including phenoxy) is 1. The van der Waals surface area contributed by atoms with Crippen molar-refractivity contribution in [3.63, 3.8) is 0 Å². The van der Waals surface area contributed by atoms with Gasteiger partial charge in [-0.2, -0.15) is 0 Å². The Morgan fingerprint density at radius 3 is 2.43 bits per heavy atom. The van der Waals surface area contributed by atoms with Gasteiger partial charge in [0.15, 0.2) is 5.96 Å². The van der Waals surface area contributed by atoms with Gasteiger partial charge in [-0.05, 0) is 31.2 Å². The highest BCUT2D eigenvalue weighted by Crippen LogP contribution is 2.20. The molecule has 0 radical (unpaired) electrons. The summed E-state index contributed by atoms with van der Waals surface area (Å²) in [4.78, 5) is 9.26. The number of aliphatic imine (C=N–C) groups is 1. The van der Waals surface area contributed by atoms with Gasteiger partial charge in [-0.1, -0.05) is 6.08 Å². The summed E-state index contributed by atoms with van der Waals surface area (Å²) < 4.78 is 5.21. The van der Waals surface area contributed by atoms with Gasteiger partial charge in [0, 0.05) is 38.4 Å². The Hall–Kier alpha value is -1.44. The molecule has 1 heterocycles. The van der Waals surface area contributed by atoms with Crippen LogP contribution in [-0.2, 0) is 0 Å². The fourth-order valence-corrected chi connectivity index (χ4v) is 2.55. The molecule has 23 heavy (non-hydrogen) atoms. The number of hydrogen-bond donors (Lipinski definition) is 1. The maximum Gasteiger partial charge on any atom is 0.194 e. The summed E-state index contributed by atoms with van der Waals surface area (Å²) in [7, 11) is 1.69. The van der Waals surface area contributed by atoms with Crippen LogP contribution in [0.2, 0.25) is 0 Å². The number of nitrogens with one attached hydrogen (secondary N) is 1. The molecule has 6 heteroatoms. The number of guanidine groups is 1. The molecule has 1 fully saturated rings. The molecule has 128 valence electrons. The number of methoxy groups -OCH3 is 1. The smallest absolute Gasteiger partial charge is 0.194 e. The average molecular weight is 430 g/mol. The zero-order valence-corrected chi connectivity index (χ0v) is 16.3. The first-order valence-corrected chi connectivity index (χ1v) is 7.81. The predicted molar refractivity (Wildman–Crippen MR) is 108 cm³/mol. The second-order valence-electron chi connectivity index (χ2n) is 5.16. The lowest BCUT2D eigenvalue weighted by atomic mass is 10.2. The van der Waals surface area contributed by atoms with Gasteiger partial charge in [-0.3, -0.25) is 0 Å². The third kappa shape index (κ3) is 5.60. The Kier molecular flexibility index (Phi) is 8.83. The van der Waals surface area contributed by atoms with E-state index in [4.69, 9.17) is 4.74 Å². The van der Waals surface area contributed by atoms with Crippen LogP contribution in [-0.4, -0.2) is 57.2 Å². The van der Waals surface area contributed by atoms with Crippen molar-refractivity contribution in [1.82, 2.24) is 10.2 Å². The fourth-order valence-electron chi connectivity index (χ4n) is 2.55. The molecular formula is C17H27IN4O. The highest BCUT2D eigenvalue weighted by atomic mass is 127. The molecule has 1 aliphatic rings. The van der Waals surface area contributed by atoms with Crippen LogP contribution in [0.5, 0.6) is 5.75 Å². The van der Waals surface area contributed by atoms with E-state index in [2.05, 4.69) is 45.7 Å². The van der Waals surface area contributed by atoms with Crippen molar-refractivity contribution in [3.8, 4) is 5.75 Å². The number of piperazine rings is 1. The van der Waals surface area contributed by atoms with Crippen molar-refractivity contribution >= 4 is 35.6 Å². The van der Waals surface area contributed by atoms with Gasteiger partial charge >= 0.3 is 0 Å². The van der Waals surface area contributed by atoms with Gasteiger partial charge in [0.25, 0.3) is 0 Å². The topological polar surface area (TPSA) is 40.1 Å². The van der Waals surface area contributed by atoms with E-state index in [-0.39, 0.29) is 24.0 Å². The fraction of sp³-hybridized carbons (Fsp3) is 0.471. The van der Waals surface area contributed by atoms with Crippen LogP contribution in [0.4, 0.5) is 5.69 Å². The minimum absolute atomic E-state index is 0. The Labute approximate surface area is 156 Å². The lowest BCUT2D eigenvalue weighted by Gasteiger charge is -2.37. The van der Waals surface area contributed by atoms with Crippen LogP contribution >= 0.6 is 24.0 Å². The lowest BCUT2D eigenvalue weighted by molar-refractivity contribution is 0.373. The van der Waals surface area contributed by atoms with Crippen LogP contribution < -0.4 is 15.0 Å². The molecule has 0 aromatic heterocycles. The van der Waals surface area contributed by atoms with E-state index in [1.807, 2.05) is 18.2 Å². The first-order valence-electron chi connectivity index (χ1n) is 7.81. The van der Waals surface area contributed by atoms with Crippen LogP contribution in [0.15, 0.2) is 41.9 Å². The zero-order chi connectivity index (χ0) is 15.8. The molecule has 0 amide bonds. The standard InChI is InChI=1S/C17H26N4O.HI/c1-4-10-19-17(18-5-2)21-13-11-20(12-14-21)15-6-8-16(22-3)9-7-15;/h4,6-9H,1,5,10-14H2,2-3H3,(H,18,19);1H. The molecule has 0 bridgehead atoms. The van der Waals surface area contributed by atoms with Crippen molar-refractivity contribution in [2.75, 3.05) is 51.3 Å². The third-order valence-electron chi connectivity index (χ3n) is 3.72. The lowest BCUT2D eigenvalue weighted by Crippen LogP contribution is -2.52. The summed E-state index contributed by atoms with van der Waals surface area (Å²) in [5, 5.41) is 3.35. The summed E-state index contributed by atoms with van der Waals surface area (Å²) in [5.74, 6) is 1.88. The Morgan fingerprint density at radius 1 is 1.26 bits per heavy atom. The monoisotopic (exact) mass is 430 g/mol. The van der Waals surface area contributed by atoms with E-state index in [0.717, 1.165) is 44.4 Å². The summed E-state index contributed by atoms with van der Waals surface area (Å²) in [5.41, 5.74) is 1.24. The van der Waals surface area contributed by atoms with Gasteiger partial charge in [0.1, 0.15) is 5.75 Å². The molecule has 2 rings (SSSR count). The molecular weight excluding hydrogens is 403 g/mol. The van der Waals surface area contributed by atoms with E-state index < -0.39 is 0 Å². The second kappa shape index (κ2) is 10.4. The van der Waals surface area contributed by atoms with Crippen LogP contribution in [0.1, 0.15) is 6.92 Å². The minimum Gasteiger partial charge on any atom is -0.497 e. The van der Waals surface area contributed by atoms with E-state index in [0.29, 0.717) is 6.54 Å². The van der Waals surface area contributed by atoms with Crippen LogP contribution in [0.25, 0.3) is 0 Å². The Morgan fingerprint density at radius 2 is 1.91 bits per heavy atom. The molecule has 0 spiro atoms. The van der Waals surface area contributed by atoms with Crippen LogP contribution in [0, 0.1) is 0 Å². The molecule has 1 saturated heterocycles. The van der Waals surface area contributed by atoms with Gasteiger partial charge in [-0.15, -0.1) is 30.6 Å². The number of halogens is 1. The van der Waals surface area contributed by atoms with Crippen molar-refractivity contribution in [1.29, 1.82) is 0 Å². The summed E-state index contributed by atoms with van der Waals surface area (Å²) in [6.45, 7) is 11.3. The molecule has 0 aliphatic carbocycles. The average Bonchev–Trinajstić information content (AvgIpc) is 2.59. The maximum atomic E-state index is 5.21. The molecule has 0 atom stereocenters. The second-order valence-corrected chi connectivity index (χ2v) is 5.16. The zero-order valence-electron chi connectivity index (χ0n) is 14.0. The Balaban J connectivity index is 0.00000264. The number of hydrogen-bond acceptors (Lipinski definition) is 3. The number of nitrogens with zero attached hydrogens (tertiary/aromatic N) is 3. The van der Waals surface area contributed by atoms with E-state index in [9.17, 15) is 0 Å². The van der Waals surface area contributed by atoms with Gasteiger partial charge in [0.05, 0.1) is 13.7 Å². The molecule has 1 N–H and O–H groups in total. The molecule has 5 nitrogen and oxygen atoms in total. The largest absolute Gasteiger partial charge is 0.497 e. The first-order chi connectivity index (χ1) is 10.8. The van der Waals surface area contributed by atoms with Crippen molar-refractivity contribution in [3.05, 3.63) is 36.9 Å². The van der Waals surface area contributed by atoms with Crippen LogP contribution in [0.3, 0.4) is 0 Å². The minimum atomic E-state index is 0. The van der Waals surface area contributed by atoms with Crippen molar-refractivity contribution in [2.24, 2.45) is 4.99 Å². The quantitative estimate of drug-likeness (QED) is 0.338.